The zero-order valence-corrected chi connectivity index (χ0v) is 17.0. The maximum absolute atomic E-state index is 13.4. The maximum atomic E-state index is 13.4. The lowest BCUT2D eigenvalue weighted by Crippen LogP contribution is -2.24. The van der Waals surface area contributed by atoms with E-state index in [-0.39, 0.29) is 12.4 Å². The van der Waals surface area contributed by atoms with Gasteiger partial charge < -0.3 is 14.4 Å². The summed E-state index contributed by atoms with van der Waals surface area (Å²) >= 11 is 0. The van der Waals surface area contributed by atoms with Crippen molar-refractivity contribution in [2.24, 2.45) is 4.99 Å². The van der Waals surface area contributed by atoms with Crippen LogP contribution in [-0.2, 0) is 6.61 Å². The highest BCUT2D eigenvalue weighted by molar-refractivity contribution is 5.57. The van der Waals surface area contributed by atoms with E-state index < -0.39 is 0 Å². The summed E-state index contributed by atoms with van der Waals surface area (Å²) in [7, 11) is 0. The third kappa shape index (κ3) is 5.17. The number of halogens is 1. The molecule has 1 heterocycles. The van der Waals surface area contributed by atoms with Gasteiger partial charge in [0.15, 0.2) is 11.5 Å². The van der Waals surface area contributed by atoms with E-state index in [1.165, 1.54) is 17.7 Å². The van der Waals surface area contributed by atoms with Crippen LogP contribution < -0.4 is 9.47 Å². The van der Waals surface area contributed by atoms with E-state index in [0.29, 0.717) is 17.4 Å². The Morgan fingerprint density at radius 3 is 2.53 bits per heavy atom. The molecule has 0 saturated heterocycles. The number of hydrogen-bond acceptors (Lipinski definition) is 4. The van der Waals surface area contributed by atoms with Crippen LogP contribution in [0.2, 0.25) is 0 Å². The zero-order valence-electron chi connectivity index (χ0n) is 17.0. The largest absolute Gasteiger partial charge is 0.485 e. The monoisotopic (exact) mass is 404 g/mol. The second-order valence-corrected chi connectivity index (χ2v) is 7.45. The Bertz CT molecular complexity index is 1000. The van der Waals surface area contributed by atoms with Gasteiger partial charge in [0.2, 0.25) is 0 Å². The number of hydrogen-bond donors (Lipinski definition) is 0. The molecule has 5 heteroatoms. The van der Waals surface area contributed by atoms with Crippen LogP contribution in [0.15, 0.2) is 77.8 Å². The molecular formula is C25H25FN2O2. The minimum atomic E-state index is -0.271. The third-order valence-corrected chi connectivity index (χ3v) is 5.08. The van der Waals surface area contributed by atoms with Crippen molar-refractivity contribution in [3.05, 3.63) is 89.7 Å². The first-order chi connectivity index (χ1) is 14.7. The molecule has 4 nitrogen and oxygen atoms in total. The summed E-state index contributed by atoms with van der Waals surface area (Å²) in [5.41, 5.74) is 2.03. The quantitative estimate of drug-likeness (QED) is 0.487. The van der Waals surface area contributed by atoms with E-state index in [1.54, 1.807) is 6.07 Å². The molecule has 4 rings (SSSR count). The summed E-state index contributed by atoms with van der Waals surface area (Å²) in [6.45, 7) is 5.34. The molecule has 0 amide bonds. The van der Waals surface area contributed by atoms with Crippen LogP contribution in [0.25, 0.3) is 0 Å². The molecule has 30 heavy (non-hydrogen) atoms. The molecule has 154 valence electrons. The van der Waals surface area contributed by atoms with Crippen LogP contribution in [0.4, 0.5) is 4.39 Å². The Labute approximate surface area is 176 Å². The smallest absolute Gasteiger partial charge is 0.169 e. The van der Waals surface area contributed by atoms with Crippen molar-refractivity contribution < 1.29 is 13.9 Å². The molecule has 3 aromatic carbocycles. The SMILES string of the molecule is CC(CN1C=NCC1)c1ccc(Oc2ccccc2OCc2cccc(F)c2)cc1. The fraction of sp³-hybridized carbons (Fsp3) is 0.240. The average Bonchev–Trinajstić information content (AvgIpc) is 3.27. The number of aliphatic imine (C=N–C) groups is 1. The van der Waals surface area contributed by atoms with Gasteiger partial charge in [0, 0.05) is 13.1 Å². The summed E-state index contributed by atoms with van der Waals surface area (Å²) in [5.74, 6) is 2.13. The fourth-order valence-corrected chi connectivity index (χ4v) is 3.45. The predicted molar refractivity (Wildman–Crippen MR) is 117 cm³/mol. The van der Waals surface area contributed by atoms with Gasteiger partial charge in [0.25, 0.3) is 0 Å². The molecule has 0 bridgehead atoms. The summed E-state index contributed by atoms with van der Waals surface area (Å²) in [5, 5.41) is 0. The Balaban J connectivity index is 1.39. The molecule has 0 aromatic heterocycles. The molecular weight excluding hydrogens is 379 g/mol. The van der Waals surface area contributed by atoms with Crippen molar-refractivity contribution in [1.29, 1.82) is 0 Å². The van der Waals surface area contributed by atoms with E-state index in [2.05, 4.69) is 28.9 Å². The van der Waals surface area contributed by atoms with Gasteiger partial charge >= 0.3 is 0 Å². The van der Waals surface area contributed by atoms with Gasteiger partial charge in [-0.05, 0) is 53.4 Å². The molecule has 1 aliphatic rings. The normalized spacial score (nSPS) is 14.0. The van der Waals surface area contributed by atoms with Gasteiger partial charge in [0.05, 0.1) is 12.9 Å². The lowest BCUT2D eigenvalue weighted by atomic mass is 10.0. The first kappa shape index (κ1) is 20.0. The summed E-state index contributed by atoms with van der Waals surface area (Å²) in [6.07, 6.45) is 1.94. The summed E-state index contributed by atoms with van der Waals surface area (Å²) in [4.78, 5) is 6.52. The van der Waals surface area contributed by atoms with E-state index in [9.17, 15) is 4.39 Å². The van der Waals surface area contributed by atoms with Crippen molar-refractivity contribution in [2.45, 2.75) is 19.4 Å². The highest BCUT2D eigenvalue weighted by Gasteiger charge is 2.13. The third-order valence-electron chi connectivity index (χ3n) is 5.08. The van der Waals surface area contributed by atoms with E-state index in [1.807, 2.05) is 48.8 Å². The Morgan fingerprint density at radius 2 is 1.80 bits per heavy atom. The Kier molecular flexibility index (Phi) is 6.28. The van der Waals surface area contributed by atoms with Crippen molar-refractivity contribution >= 4 is 6.34 Å². The number of benzene rings is 3. The molecule has 1 unspecified atom stereocenters. The second kappa shape index (κ2) is 9.44. The van der Waals surface area contributed by atoms with Gasteiger partial charge in [-0.25, -0.2) is 4.39 Å². The number of nitrogens with zero attached hydrogens (tertiary/aromatic N) is 2. The summed E-state index contributed by atoms with van der Waals surface area (Å²) < 4.78 is 25.3. The van der Waals surface area contributed by atoms with Crippen molar-refractivity contribution in [3.8, 4) is 17.2 Å². The van der Waals surface area contributed by atoms with Gasteiger partial charge in [-0.3, -0.25) is 4.99 Å². The van der Waals surface area contributed by atoms with E-state index >= 15 is 0 Å². The van der Waals surface area contributed by atoms with Crippen LogP contribution >= 0.6 is 0 Å². The van der Waals surface area contributed by atoms with Gasteiger partial charge in [-0.2, -0.15) is 0 Å². The van der Waals surface area contributed by atoms with Crippen molar-refractivity contribution in [3.63, 3.8) is 0 Å². The molecule has 1 atom stereocenters. The molecule has 0 aliphatic carbocycles. The molecule has 0 fully saturated rings. The minimum absolute atomic E-state index is 0.271. The molecule has 0 N–H and O–H groups in total. The molecule has 3 aromatic rings. The van der Waals surface area contributed by atoms with Crippen molar-refractivity contribution in [1.82, 2.24) is 4.90 Å². The van der Waals surface area contributed by atoms with Gasteiger partial charge in [-0.1, -0.05) is 43.3 Å². The fourth-order valence-electron chi connectivity index (χ4n) is 3.45. The average molecular weight is 404 g/mol. The number of ether oxygens (including phenoxy) is 2. The van der Waals surface area contributed by atoms with Crippen molar-refractivity contribution in [2.75, 3.05) is 19.6 Å². The van der Waals surface area contributed by atoms with Gasteiger partial charge in [-0.15, -0.1) is 0 Å². The maximum Gasteiger partial charge on any atom is 0.169 e. The zero-order chi connectivity index (χ0) is 20.8. The van der Waals surface area contributed by atoms with Crippen LogP contribution in [0.1, 0.15) is 24.0 Å². The van der Waals surface area contributed by atoms with Crippen LogP contribution in [0, 0.1) is 5.82 Å². The standard InChI is InChI=1S/C25H25FN2O2/c1-19(16-28-14-13-27-18-28)21-9-11-23(12-10-21)30-25-8-3-2-7-24(25)29-17-20-5-4-6-22(26)15-20/h2-12,15,18-19H,13-14,16-17H2,1H3. The van der Waals surface area contributed by atoms with Crippen LogP contribution in [-0.4, -0.2) is 30.9 Å². The van der Waals surface area contributed by atoms with E-state index in [0.717, 1.165) is 30.9 Å². The molecule has 1 aliphatic heterocycles. The van der Waals surface area contributed by atoms with E-state index in [4.69, 9.17) is 9.47 Å². The first-order valence-corrected chi connectivity index (χ1v) is 10.2. The molecule has 0 saturated carbocycles. The Hall–Kier alpha value is -3.34. The highest BCUT2D eigenvalue weighted by atomic mass is 19.1. The Morgan fingerprint density at radius 1 is 1.00 bits per heavy atom. The van der Waals surface area contributed by atoms with Crippen LogP contribution in [0.3, 0.4) is 0 Å². The number of para-hydroxylation sites is 2. The topological polar surface area (TPSA) is 34.1 Å². The molecule has 0 spiro atoms. The first-order valence-electron chi connectivity index (χ1n) is 10.2. The molecule has 0 radical (unpaired) electrons. The minimum Gasteiger partial charge on any atom is -0.485 e. The van der Waals surface area contributed by atoms with Gasteiger partial charge in [0.1, 0.15) is 18.2 Å². The summed E-state index contributed by atoms with van der Waals surface area (Å²) in [6, 6.07) is 22.1. The lowest BCUT2D eigenvalue weighted by Gasteiger charge is -2.20. The predicted octanol–water partition coefficient (Wildman–Crippen LogP) is 5.64. The van der Waals surface area contributed by atoms with Crippen LogP contribution in [0.5, 0.6) is 17.2 Å². The number of rotatable bonds is 8. The lowest BCUT2D eigenvalue weighted by molar-refractivity contribution is 0.291. The highest BCUT2D eigenvalue weighted by Crippen LogP contribution is 2.32. The second-order valence-electron chi connectivity index (χ2n) is 7.45.